The number of para-hydroxylation sites is 1. The van der Waals surface area contributed by atoms with Crippen LogP contribution in [0.1, 0.15) is 36.6 Å². The standard InChI is InChI=1S/C23H25N5OS/c1-5-28-19-9-7-6-8-18(19)21-22(28)25-23(27-26-21)30-13-20(29)24-16(4)17-11-10-14(2)15(3)12-17/h6-12,16H,5,13H2,1-4H3,(H,24,29)/t16-/m1/s1. The molecule has 0 radical (unpaired) electrons. The molecular weight excluding hydrogens is 394 g/mol. The number of thioether (sulfide) groups is 1. The van der Waals surface area contributed by atoms with Gasteiger partial charge in [0.05, 0.1) is 17.3 Å². The van der Waals surface area contributed by atoms with Crippen LogP contribution in [-0.2, 0) is 11.3 Å². The maximum Gasteiger partial charge on any atom is 0.230 e. The number of nitrogens with zero attached hydrogens (tertiary/aromatic N) is 4. The second-order valence-electron chi connectivity index (χ2n) is 7.45. The number of fused-ring (bicyclic) bond motifs is 3. The van der Waals surface area contributed by atoms with Gasteiger partial charge in [0.2, 0.25) is 11.1 Å². The molecule has 7 heteroatoms. The van der Waals surface area contributed by atoms with Crippen LogP contribution in [0.15, 0.2) is 47.6 Å². The molecule has 0 aliphatic rings. The lowest BCUT2D eigenvalue weighted by atomic mass is 10.0. The van der Waals surface area contributed by atoms with Gasteiger partial charge in [-0.05, 0) is 50.5 Å². The molecular formula is C23H25N5OS. The third kappa shape index (κ3) is 3.89. The zero-order valence-corrected chi connectivity index (χ0v) is 18.5. The van der Waals surface area contributed by atoms with Crippen molar-refractivity contribution in [2.75, 3.05) is 5.75 Å². The van der Waals surface area contributed by atoms with Crippen molar-refractivity contribution in [3.05, 3.63) is 59.2 Å². The Morgan fingerprint density at radius 3 is 2.70 bits per heavy atom. The highest BCUT2D eigenvalue weighted by Gasteiger charge is 2.15. The second kappa shape index (κ2) is 8.44. The van der Waals surface area contributed by atoms with Crippen LogP contribution in [0.5, 0.6) is 0 Å². The van der Waals surface area contributed by atoms with Crippen molar-refractivity contribution in [1.82, 2.24) is 25.1 Å². The Morgan fingerprint density at radius 1 is 1.13 bits per heavy atom. The van der Waals surface area contributed by atoms with Crippen LogP contribution in [0.25, 0.3) is 22.1 Å². The Kier molecular flexibility index (Phi) is 5.72. The van der Waals surface area contributed by atoms with E-state index in [0.29, 0.717) is 5.16 Å². The van der Waals surface area contributed by atoms with Crippen LogP contribution in [0.4, 0.5) is 0 Å². The molecule has 1 amide bonds. The van der Waals surface area contributed by atoms with Crippen LogP contribution in [0.3, 0.4) is 0 Å². The van der Waals surface area contributed by atoms with Gasteiger partial charge in [-0.25, -0.2) is 4.98 Å². The summed E-state index contributed by atoms with van der Waals surface area (Å²) in [5, 5.41) is 13.2. The lowest BCUT2D eigenvalue weighted by molar-refractivity contribution is -0.119. The molecule has 4 rings (SSSR count). The van der Waals surface area contributed by atoms with Crippen LogP contribution >= 0.6 is 11.8 Å². The number of amides is 1. The predicted molar refractivity (Wildman–Crippen MR) is 122 cm³/mol. The van der Waals surface area contributed by atoms with Crippen molar-refractivity contribution >= 4 is 39.7 Å². The normalized spacial score (nSPS) is 12.4. The van der Waals surface area contributed by atoms with Crippen LogP contribution in [-0.4, -0.2) is 31.4 Å². The van der Waals surface area contributed by atoms with Gasteiger partial charge in [-0.15, -0.1) is 10.2 Å². The highest BCUT2D eigenvalue weighted by Crippen LogP contribution is 2.27. The molecule has 0 aliphatic carbocycles. The average Bonchev–Trinajstić information content (AvgIpc) is 3.07. The van der Waals surface area contributed by atoms with Gasteiger partial charge in [-0.1, -0.05) is 48.2 Å². The summed E-state index contributed by atoms with van der Waals surface area (Å²) in [5.41, 5.74) is 6.27. The van der Waals surface area contributed by atoms with Gasteiger partial charge in [-0.2, -0.15) is 0 Å². The second-order valence-corrected chi connectivity index (χ2v) is 8.39. The predicted octanol–water partition coefficient (Wildman–Crippen LogP) is 4.59. The molecule has 6 nitrogen and oxygen atoms in total. The molecule has 2 aromatic carbocycles. The molecule has 4 aromatic rings. The lowest BCUT2D eigenvalue weighted by Gasteiger charge is -2.15. The minimum absolute atomic E-state index is 0.0505. The number of aromatic nitrogens is 4. The maximum atomic E-state index is 12.5. The third-order valence-corrected chi connectivity index (χ3v) is 6.25. The largest absolute Gasteiger partial charge is 0.349 e. The van der Waals surface area contributed by atoms with Crippen molar-refractivity contribution in [2.24, 2.45) is 0 Å². The molecule has 0 unspecified atom stereocenters. The van der Waals surface area contributed by atoms with Crippen LogP contribution < -0.4 is 5.32 Å². The van der Waals surface area contributed by atoms with Crippen molar-refractivity contribution in [2.45, 2.75) is 45.4 Å². The van der Waals surface area contributed by atoms with E-state index in [1.165, 1.54) is 22.9 Å². The highest BCUT2D eigenvalue weighted by molar-refractivity contribution is 7.99. The van der Waals surface area contributed by atoms with E-state index in [1.54, 1.807) is 0 Å². The topological polar surface area (TPSA) is 72.7 Å². The summed E-state index contributed by atoms with van der Waals surface area (Å²) in [6.45, 7) is 9.04. The summed E-state index contributed by atoms with van der Waals surface area (Å²) in [4.78, 5) is 17.2. The van der Waals surface area contributed by atoms with E-state index in [0.717, 1.165) is 34.2 Å². The molecule has 2 aromatic heterocycles. The number of benzene rings is 2. The van der Waals surface area contributed by atoms with Gasteiger partial charge in [0.1, 0.15) is 5.52 Å². The number of carbonyl (C=O) groups is 1. The third-order valence-electron chi connectivity index (χ3n) is 5.41. The SMILES string of the molecule is CCn1c2ccccc2c2nnc(SCC(=O)N[C@H](C)c3ccc(C)c(C)c3)nc21. The Labute approximate surface area is 180 Å². The van der Waals surface area contributed by atoms with Gasteiger partial charge in [-0.3, -0.25) is 4.79 Å². The quantitative estimate of drug-likeness (QED) is 0.463. The first-order valence-electron chi connectivity index (χ1n) is 10.1. The number of nitrogens with one attached hydrogen (secondary N) is 1. The first kappa shape index (κ1) is 20.3. The summed E-state index contributed by atoms with van der Waals surface area (Å²) in [6, 6.07) is 14.3. The van der Waals surface area contributed by atoms with E-state index in [-0.39, 0.29) is 17.7 Å². The molecule has 2 heterocycles. The van der Waals surface area contributed by atoms with Crippen molar-refractivity contribution in [1.29, 1.82) is 0 Å². The maximum absolute atomic E-state index is 12.5. The Balaban J connectivity index is 1.47. The van der Waals surface area contributed by atoms with Crippen molar-refractivity contribution in [3.8, 4) is 0 Å². The Bertz CT molecular complexity index is 1230. The first-order chi connectivity index (χ1) is 14.5. The zero-order valence-electron chi connectivity index (χ0n) is 17.6. The first-order valence-corrected chi connectivity index (χ1v) is 11.1. The van der Waals surface area contributed by atoms with E-state index in [9.17, 15) is 4.79 Å². The number of carbonyl (C=O) groups excluding carboxylic acids is 1. The molecule has 30 heavy (non-hydrogen) atoms. The minimum Gasteiger partial charge on any atom is -0.349 e. The van der Waals surface area contributed by atoms with E-state index in [4.69, 9.17) is 0 Å². The van der Waals surface area contributed by atoms with E-state index >= 15 is 0 Å². The summed E-state index contributed by atoms with van der Waals surface area (Å²) >= 11 is 1.31. The molecule has 0 aliphatic heterocycles. The highest BCUT2D eigenvalue weighted by atomic mass is 32.2. The van der Waals surface area contributed by atoms with Crippen molar-refractivity contribution in [3.63, 3.8) is 0 Å². The van der Waals surface area contributed by atoms with Gasteiger partial charge in [0, 0.05) is 11.9 Å². The molecule has 0 saturated heterocycles. The van der Waals surface area contributed by atoms with Crippen LogP contribution in [0, 0.1) is 13.8 Å². The smallest absolute Gasteiger partial charge is 0.230 e. The summed E-state index contributed by atoms with van der Waals surface area (Å²) in [7, 11) is 0. The molecule has 0 fully saturated rings. The molecule has 0 spiro atoms. The molecule has 154 valence electrons. The van der Waals surface area contributed by atoms with Crippen molar-refractivity contribution < 1.29 is 4.79 Å². The Morgan fingerprint density at radius 2 is 1.93 bits per heavy atom. The summed E-state index contributed by atoms with van der Waals surface area (Å²) in [6.07, 6.45) is 0. The lowest BCUT2D eigenvalue weighted by Crippen LogP contribution is -2.28. The van der Waals surface area contributed by atoms with E-state index in [2.05, 4.69) is 70.1 Å². The fraction of sp³-hybridized carbons (Fsp3) is 0.304. The van der Waals surface area contributed by atoms with Gasteiger partial charge in [0.25, 0.3) is 0 Å². The number of hydrogen-bond acceptors (Lipinski definition) is 5. The molecule has 1 N–H and O–H groups in total. The number of aryl methyl sites for hydroxylation is 3. The van der Waals surface area contributed by atoms with Gasteiger partial charge in [0.15, 0.2) is 5.65 Å². The number of rotatable bonds is 6. The average molecular weight is 420 g/mol. The van der Waals surface area contributed by atoms with E-state index < -0.39 is 0 Å². The fourth-order valence-corrected chi connectivity index (χ4v) is 4.19. The van der Waals surface area contributed by atoms with Gasteiger partial charge < -0.3 is 9.88 Å². The Hall–Kier alpha value is -2.93. The summed E-state index contributed by atoms with van der Waals surface area (Å²) in [5.74, 6) is 0.194. The summed E-state index contributed by atoms with van der Waals surface area (Å²) < 4.78 is 2.13. The molecule has 1 atom stereocenters. The van der Waals surface area contributed by atoms with Crippen LogP contribution in [0.2, 0.25) is 0 Å². The zero-order chi connectivity index (χ0) is 21.3. The fourth-order valence-electron chi connectivity index (χ4n) is 3.60. The minimum atomic E-state index is -0.0541. The molecule has 0 saturated carbocycles. The van der Waals surface area contributed by atoms with Gasteiger partial charge >= 0.3 is 0 Å². The number of hydrogen-bond donors (Lipinski definition) is 1. The molecule has 0 bridgehead atoms. The monoisotopic (exact) mass is 419 g/mol. The van der Waals surface area contributed by atoms with E-state index in [1.807, 2.05) is 25.1 Å².